The maximum atomic E-state index is 10.3. The van der Waals surface area contributed by atoms with Crippen molar-refractivity contribution in [3.63, 3.8) is 0 Å². The Hall–Kier alpha value is -1.10. The summed E-state index contributed by atoms with van der Waals surface area (Å²) in [6, 6.07) is 1.38. The van der Waals surface area contributed by atoms with Gasteiger partial charge in [-0.1, -0.05) is 17.1 Å². The van der Waals surface area contributed by atoms with Gasteiger partial charge in [-0.05, 0) is 0 Å². The molecule has 1 aromatic heterocycles. The number of nitro groups is 1. The van der Waals surface area contributed by atoms with E-state index in [0.29, 0.717) is 0 Å². The molecule has 11 heavy (non-hydrogen) atoms. The first-order valence-corrected chi connectivity index (χ1v) is 3.25. The highest BCUT2D eigenvalue weighted by Gasteiger charge is 2.11. The van der Waals surface area contributed by atoms with E-state index in [1.165, 1.54) is 12.3 Å². The second kappa shape index (κ2) is 2.88. The van der Waals surface area contributed by atoms with Gasteiger partial charge in [0.15, 0.2) is 0 Å². The monoisotopic (exact) mass is 170 g/mol. The lowest BCUT2D eigenvalue weighted by molar-refractivity contribution is -0.384. The maximum absolute atomic E-state index is 10.3. The van der Waals surface area contributed by atoms with Gasteiger partial charge in [0.05, 0.1) is 4.92 Å². The number of pyridine rings is 1. The van der Waals surface area contributed by atoms with Crippen LogP contribution in [0.4, 0.5) is 5.69 Å². The summed E-state index contributed by atoms with van der Waals surface area (Å²) in [5.74, 6) is 0. The van der Waals surface area contributed by atoms with Gasteiger partial charge in [0.2, 0.25) is 5.15 Å². The van der Waals surface area contributed by atoms with Crippen molar-refractivity contribution in [3.8, 4) is 0 Å². The topological polar surface area (TPSA) is 56.0 Å². The Balaban J connectivity index is 3.23. The average Bonchev–Trinajstić information content (AvgIpc) is 1.94. The lowest BCUT2D eigenvalue weighted by Crippen LogP contribution is -2.05. The summed E-state index contributed by atoms with van der Waals surface area (Å²) in [4.78, 5) is 13.3. The van der Waals surface area contributed by atoms with Crippen LogP contribution in [0.2, 0.25) is 5.15 Å². The molecule has 0 radical (unpaired) electrons. The van der Waals surface area contributed by atoms with E-state index in [2.05, 4.69) is 4.98 Å². The van der Waals surface area contributed by atoms with Crippen LogP contribution in [0.3, 0.4) is 0 Å². The van der Waals surface area contributed by atoms with Crippen LogP contribution in [0.25, 0.3) is 0 Å². The SMILES string of the molecule is Bc1cnc(Cl)c([N+](=O)[O-])c1. The Bertz CT molecular complexity index is 305. The first-order valence-electron chi connectivity index (χ1n) is 2.88. The van der Waals surface area contributed by atoms with Gasteiger partial charge in [-0.25, -0.2) is 4.98 Å². The van der Waals surface area contributed by atoms with Crippen molar-refractivity contribution in [2.24, 2.45) is 0 Å². The Labute approximate surface area is 68.8 Å². The van der Waals surface area contributed by atoms with Crippen molar-refractivity contribution in [2.45, 2.75) is 0 Å². The van der Waals surface area contributed by atoms with E-state index in [9.17, 15) is 10.1 Å². The molecule has 56 valence electrons. The summed E-state index contributed by atoms with van der Waals surface area (Å²) in [5, 5.41) is 10.2. The lowest BCUT2D eigenvalue weighted by Gasteiger charge is -1.94. The summed E-state index contributed by atoms with van der Waals surface area (Å²) in [7, 11) is 1.72. The van der Waals surface area contributed by atoms with Crippen LogP contribution >= 0.6 is 11.6 Å². The first kappa shape index (κ1) is 8.01. The molecule has 0 aliphatic heterocycles. The zero-order valence-electron chi connectivity index (χ0n) is 5.74. The molecule has 0 fully saturated rings. The normalized spacial score (nSPS) is 9.55. The van der Waals surface area contributed by atoms with Crippen molar-refractivity contribution < 1.29 is 4.92 Å². The molecule has 0 aliphatic carbocycles. The number of rotatable bonds is 1. The van der Waals surface area contributed by atoms with E-state index in [1.807, 2.05) is 0 Å². The van der Waals surface area contributed by atoms with Crippen molar-refractivity contribution in [1.82, 2.24) is 4.98 Å². The van der Waals surface area contributed by atoms with E-state index in [0.717, 1.165) is 5.46 Å². The predicted molar refractivity (Wildman–Crippen MR) is 44.1 cm³/mol. The van der Waals surface area contributed by atoms with Gasteiger partial charge in [-0.2, -0.15) is 0 Å². The molecule has 1 heterocycles. The Morgan fingerprint density at radius 3 is 2.82 bits per heavy atom. The van der Waals surface area contributed by atoms with Gasteiger partial charge < -0.3 is 0 Å². The average molecular weight is 170 g/mol. The third-order valence-corrected chi connectivity index (χ3v) is 1.45. The molecular weight excluding hydrogens is 166 g/mol. The molecular formula is C5H4BClN2O2. The molecule has 0 bridgehead atoms. The summed E-state index contributed by atoms with van der Waals surface area (Å²) in [6.45, 7) is 0. The molecule has 0 aromatic carbocycles. The molecule has 0 spiro atoms. The van der Waals surface area contributed by atoms with E-state index in [1.54, 1.807) is 7.85 Å². The van der Waals surface area contributed by atoms with Crippen LogP contribution < -0.4 is 5.46 Å². The van der Waals surface area contributed by atoms with Gasteiger partial charge in [0.1, 0.15) is 7.85 Å². The molecule has 0 atom stereocenters. The number of aromatic nitrogens is 1. The van der Waals surface area contributed by atoms with Crippen molar-refractivity contribution in [3.05, 3.63) is 27.5 Å². The van der Waals surface area contributed by atoms with Gasteiger partial charge in [0, 0.05) is 12.3 Å². The Morgan fingerprint density at radius 2 is 2.36 bits per heavy atom. The molecule has 0 aliphatic rings. The summed E-state index contributed by atoms with van der Waals surface area (Å²) in [6.07, 6.45) is 1.48. The maximum Gasteiger partial charge on any atom is 0.305 e. The van der Waals surface area contributed by atoms with Crippen molar-refractivity contribution in [2.75, 3.05) is 0 Å². The molecule has 0 saturated heterocycles. The number of hydrogen-bond donors (Lipinski definition) is 0. The van der Waals surface area contributed by atoms with Gasteiger partial charge in [0.25, 0.3) is 0 Å². The number of nitrogens with zero attached hydrogens (tertiary/aromatic N) is 2. The predicted octanol–water partition coefficient (Wildman–Crippen LogP) is -0.0984. The third-order valence-electron chi connectivity index (χ3n) is 1.15. The van der Waals surface area contributed by atoms with E-state index >= 15 is 0 Å². The van der Waals surface area contributed by atoms with E-state index < -0.39 is 4.92 Å². The zero-order chi connectivity index (χ0) is 8.43. The highest BCUT2D eigenvalue weighted by atomic mass is 35.5. The van der Waals surface area contributed by atoms with Gasteiger partial charge >= 0.3 is 5.69 Å². The van der Waals surface area contributed by atoms with Crippen LogP contribution in [-0.4, -0.2) is 17.8 Å². The molecule has 0 unspecified atom stereocenters. The smallest absolute Gasteiger partial charge is 0.258 e. The quantitative estimate of drug-likeness (QED) is 0.256. The van der Waals surface area contributed by atoms with Crippen LogP contribution in [0.5, 0.6) is 0 Å². The molecule has 6 heteroatoms. The van der Waals surface area contributed by atoms with E-state index in [4.69, 9.17) is 11.6 Å². The largest absolute Gasteiger partial charge is 0.305 e. The van der Waals surface area contributed by atoms with Crippen LogP contribution in [0.15, 0.2) is 12.3 Å². The highest BCUT2D eigenvalue weighted by molar-refractivity contribution is 6.34. The number of halogens is 1. The minimum absolute atomic E-state index is 0.0689. The molecule has 0 N–H and O–H groups in total. The van der Waals surface area contributed by atoms with Crippen LogP contribution in [0, 0.1) is 10.1 Å². The van der Waals surface area contributed by atoms with Crippen molar-refractivity contribution >= 4 is 30.6 Å². The fourth-order valence-corrected chi connectivity index (χ4v) is 0.837. The summed E-state index contributed by atoms with van der Waals surface area (Å²) in [5.41, 5.74) is 0.577. The summed E-state index contributed by atoms with van der Waals surface area (Å²) < 4.78 is 0. The van der Waals surface area contributed by atoms with Crippen molar-refractivity contribution in [1.29, 1.82) is 0 Å². The lowest BCUT2D eigenvalue weighted by atomic mass is 9.99. The Kier molecular flexibility index (Phi) is 2.09. The molecule has 1 rings (SSSR count). The third kappa shape index (κ3) is 1.68. The van der Waals surface area contributed by atoms with Gasteiger partial charge in [-0.15, -0.1) is 0 Å². The number of hydrogen-bond acceptors (Lipinski definition) is 3. The fraction of sp³-hybridized carbons (Fsp3) is 0. The molecule has 0 saturated carbocycles. The van der Waals surface area contributed by atoms with Gasteiger partial charge in [-0.3, -0.25) is 10.1 Å². The highest BCUT2D eigenvalue weighted by Crippen LogP contribution is 2.18. The summed E-state index contributed by atoms with van der Waals surface area (Å²) >= 11 is 5.44. The molecule has 1 aromatic rings. The zero-order valence-corrected chi connectivity index (χ0v) is 6.50. The minimum Gasteiger partial charge on any atom is -0.258 e. The molecule has 0 amide bonds. The van der Waals surface area contributed by atoms with Crippen LogP contribution in [-0.2, 0) is 0 Å². The second-order valence-electron chi connectivity index (χ2n) is 2.08. The Morgan fingerprint density at radius 1 is 1.73 bits per heavy atom. The molecule has 4 nitrogen and oxygen atoms in total. The standard InChI is InChI=1S/C5H4BClN2O2/c6-3-1-4(9(10)11)5(7)8-2-3/h1-2H,6H2. The minimum atomic E-state index is -0.553. The van der Waals surface area contributed by atoms with E-state index in [-0.39, 0.29) is 10.8 Å². The second-order valence-corrected chi connectivity index (χ2v) is 2.44. The van der Waals surface area contributed by atoms with Crippen LogP contribution in [0.1, 0.15) is 0 Å². The first-order chi connectivity index (χ1) is 5.11. The fourth-order valence-electron chi connectivity index (χ4n) is 0.665.